The van der Waals surface area contributed by atoms with Crippen LogP contribution in [0.15, 0.2) is 33.6 Å². The summed E-state index contributed by atoms with van der Waals surface area (Å²) in [6.07, 6.45) is 1.72. The molecule has 22 heavy (non-hydrogen) atoms. The van der Waals surface area contributed by atoms with Crippen molar-refractivity contribution in [3.63, 3.8) is 0 Å². The molecule has 0 fully saturated rings. The fourth-order valence-electron chi connectivity index (χ4n) is 2.43. The average Bonchev–Trinajstić information content (AvgIpc) is 3.04. The summed E-state index contributed by atoms with van der Waals surface area (Å²) in [4.78, 5) is 25.6. The normalized spacial score (nSPS) is 11.0. The van der Waals surface area contributed by atoms with E-state index >= 15 is 0 Å². The Kier molecular flexibility index (Phi) is 3.62. The first-order chi connectivity index (χ1) is 10.5. The van der Waals surface area contributed by atoms with E-state index in [9.17, 15) is 9.59 Å². The molecule has 5 nitrogen and oxygen atoms in total. The molecule has 1 amide bonds. The zero-order valence-electron chi connectivity index (χ0n) is 12.6. The Balaban J connectivity index is 1.95. The van der Waals surface area contributed by atoms with Gasteiger partial charge in [0.05, 0.1) is 17.5 Å². The minimum atomic E-state index is -0.249. The summed E-state index contributed by atoms with van der Waals surface area (Å²) < 4.78 is 7.75. The van der Waals surface area contributed by atoms with Crippen LogP contribution in [0.2, 0.25) is 0 Å². The predicted molar refractivity (Wildman–Crippen MR) is 86.4 cm³/mol. The van der Waals surface area contributed by atoms with Gasteiger partial charge in [0.25, 0.3) is 11.5 Å². The fraction of sp³-hybridized carbons (Fsp3) is 0.250. The quantitative estimate of drug-likeness (QED) is 0.808. The van der Waals surface area contributed by atoms with E-state index in [2.05, 4.69) is 5.32 Å². The maximum absolute atomic E-state index is 12.5. The number of hydrogen-bond acceptors (Lipinski definition) is 4. The van der Waals surface area contributed by atoms with E-state index in [0.29, 0.717) is 23.3 Å². The summed E-state index contributed by atoms with van der Waals surface area (Å²) in [6, 6.07) is 5.54. The fourth-order valence-corrected chi connectivity index (χ4v) is 3.48. The molecule has 0 spiro atoms. The van der Waals surface area contributed by atoms with E-state index < -0.39 is 0 Å². The molecule has 0 atom stereocenters. The first-order valence-corrected chi connectivity index (χ1v) is 7.71. The molecule has 0 saturated carbocycles. The Morgan fingerprint density at radius 3 is 2.77 bits per heavy atom. The Hall–Kier alpha value is -2.34. The predicted octanol–water partition coefficient (Wildman–Crippen LogP) is 2.74. The molecule has 3 rings (SSSR count). The topological polar surface area (TPSA) is 64.2 Å². The molecule has 0 aromatic carbocycles. The van der Waals surface area contributed by atoms with Gasteiger partial charge in [0.1, 0.15) is 11.5 Å². The molecule has 0 aliphatic rings. The summed E-state index contributed by atoms with van der Waals surface area (Å²) in [5.74, 6) is 1.24. The van der Waals surface area contributed by atoms with Gasteiger partial charge in [-0.25, -0.2) is 0 Å². The molecular formula is C16H16N2O3S. The van der Waals surface area contributed by atoms with E-state index in [0.717, 1.165) is 15.3 Å². The first-order valence-electron chi connectivity index (χ1n) is 6.89. The second kappa shape index (κ2) is 5.46. The molecule has 3 aromatic rings. The van der Waals surface area contributed by atoms with Gasteiger partial charge in [-0.1, -0.05) is 0 Å². The smallest absolute Gasteiger partial charge is 0.259 e. The molecule has 0 saturated heterocycles. The van der Waals surface area contributed by atoms with E-state index in [1.54, 1.807) is 13.2 Å². The number of rotatable bonds is 3. The van der Waals surface area contributed by atoms with Gasteiger partial charge in [-0.05, 0) is 32.0 Å². The van der Waals surface area contributed by atoms with Crippen LogP contribution in [0.25, 0.3) is 10.1 Å². The molecule has 0 radical (unpaired) electrons. The number of furan rings is 1. The van der Waals surface area contributed by atoms with Crippen molar-refractivity contribution >= 4 is 27.3 Å². The van der Waals surface area contributed by atoms with Gasteiger partial charge >= 0.3 is 0 Å². The van der Waals surface area contributed by atoms with Crippen LogP contribution in [0, 0.1) is 13.8 Å². The number of aromatic nitrogens is 1. The van der Waals surface area contributed by atoms with Gasteiger partial charge in [-0.15, -0.1) is 11.3 Å². The van der Waals surface area contributed by atoms with Crippen molar-refractivity contribution in [2.45, 2.75) is 20.4 Å². The molecule has 3 heterocycles. The molecule has 3 aromatic heterocycles. The van der Waals surface area contributed by atoms with Gasteiger partial charge in [-0.2, -0.15) is 0 Å². The van der Waals surface area contributed by atoms with Crippen molar-refractivity contribution in [1.82, 2.24) is 9.88 Å². The lowest BCUT2D eigenvalue weighted by Crippen LogP contribution is -2.25. The Morgan fingerprint density at radius 1 is 1.32 bits per heavy atom. The van der Waals surface area contributed by atoms with Gasteiger partial charge in [0.15, 0.2) is 0 Å². The van der Waals surface area contributed by atoms with Crippen molar-refractivity contribution in [2.24, 2.45) is 7.05 Å². The average molecular weight is 316 g/mol. The number of thiophene rings is 1. The first kappa shape index (κ1) is 14.6. The number of pyridine rings is 1. The molecule has 0 unspecified atom stereocenters. The number of carbonyl (C=O) groups is 1. The Morgan fingerprint density at radius 2 is 2.09 bits per heavy atom. The molecule has 0 aliphatic heterocycles. The van der Waals surface area contributed by atoms with Crippen LogP contribution in [0.1, 0.15) is 26.8 Å². The molecular weight excluding hydrogens is 300 g/mol. The lowest BCUT2D eigenvalue weighted by atomic mass is 10.1. The minimum Gasteiger partial charge on any atom is -0.465 e. The third kappa shape index (κ3) is 2.46. The Labute approximate surface area is 131 Å². The largest absolute Gasteiger partial charge is 0.465 e. The van der Waals surface area contributed by atoms with Crippen molar-refractivity contribution in [1.29, 1.82) is 0 Å². The van der Waals surface area contributed by atoms with Gasteiger partial charge in [-0.3, -0.25) is 9.59 Å². The van der Waals surface area contributed by atoms with Crippen molar-refractivity contribution in [3.8, 4) is 0 Å². The SMILES string of the molecule is Cc1ccc(CNC(=O)c2c(C)sc3ccn(C)c(=O)c23)o1. The van der Waals surface area contributed by atoms with Crippen LogP contribution in [0.5, 0.6) is 0 Å². The van der Waals surface area contributed by atoms with Crippen LogP contribution < -0.4 is 10.9 Å². The number of fused-ring (bicyclic) bond motifs is 1. The number of nitrogens with zero attached hydrogens (tertiary/aromatic N) is 1. The van der Waals surface area contributed by atoms with Gasteiger partial charge < -0.3 is 14.3 Å². The van der Waals surface area contributed by atoms with Crippen LogP contribution in [0.3, 0.4) is 0 Å². The summed E-state index contributed by atoms with van der Waals surface area (Å²) in [6.45, 7) is 4.01. The molecule has 0 aliphatic carbocycles. The van der Waals surface area contributed by atoms with Crippen LogP contribution in [-0.2, 0) is 13.6 Å². The molecule has 1 N–H and O–H groups in total. The van der Waals surface area contributed by atoms with Crippen molar-refractivity contribution in [3.05, 3.63) is 56.7 Å². The van der Waals surface area contributed by atoms with Crippen LogP contribution in [0.4, 0.5) is 0 Å². The standard InChI is InChI=1S/C16H16N2O3S/c1-9-4-5-11(21-9)8-17-15(19)13-10(2)22-12-6-7-18(3)16(20)14(12)13/h4-7H,8H2,1-3H3,(H,17,19). The number of nitrogens with one attached hydrogen (secondary N) is 1. The monoisotopic (exact) mass is 316 g/mol. The second-order valence-corrected chi connectivity index (χ2v) is 6.46. The Bertz CT molecular complexity index is 917. The summed E-state index contributed by atoms with van der Waals surface area (Å²) in [5, 5.41) is 3.31. The molecule has 6 heteroatoms. The van der Waals surface area contributed by atoms with E-state index in [1.165, 1.54) is 15.9 Å². The minimum absolute atomic E-state index is 0.152. The van der Waals surface area contributed by atoms with E-state index in [4.69, 9.17) is 4.42 Å². The highest BCUT2D eigenvalue weighted by molar-refractivity contribution is 7.19. The summed E-state index contributed by atoms with van der Waals surface area (Å²) in [5.41, 5.74) is 0.310. The van der Waals surface area contributed by atoms with E-state index in [1.807, 2.05) is 32.0 Å². The van der Waals surface area contributed by atoms with Crippen LogP contribution >= 0.6 is 11.3 Å². The van der Waals surface area contributed by atoms with Crippen LogP contribution in [-0.4, -0.2) is 10.5 Å². The maximum Gasteiger partial charge on any atom is 0.259 e. The zero-order chi connectivity index (χ0) is 15.9. The number of aryl methyl sites for hydroxylation is 3. The summed E-state index contributed by atoms with van der Waals surface area (Å²) >= 11 is 1.46. The molecule has 0 bridgehead atoms. The van der Waals surface area contributed by atoms with Gasteiger partial charge in [0, 0.05) is 22.8 Å². The lowest BCUT2D eigenvalue weighted by Gasteiger charge is -2.04. The highest BCUT2D eigenvalue weighted by atomic mass is 32.1. The molecule has 114 valence electrons. The third-order valence-corrected chi connectivity index (χ3v) is 4.61. The lowest BCUT2D eigenvalue weighted by molar-refractivity contribution is 0.0949. The highest BCUT2D eigenvalue weighted by Gasteiger charge is 2.19. The number of hydrogen-bond donors (Lipinski definition) is 1. The van der Waals surface area contributed by atoms with E-state index in [-0.39, 0.29) is 11.5 Å². The third-order valence-electron chi connectivity index (χ3n) is 3.54. The number of amides is 1. The number of carbonyl (C=O) groups excluding carboxylic acids is 1. The maximum atomic E-state index is 12.5. The van der Waals surface area contributed by atoms with Gasteiger partial charge in [0.2, 0.25) is 0 Å². The van der Waals surface area contributed by atoms with Crippen molar-refractivity contribution < 1.29 is 9.21 Å². The zero-order valence-corrected chi connectivity index (χ0v) is 13.4. The summed E-state index contributed by atoms with van der Waals surface area (Å²) in [7, 11) is 1.68. The van der Waals surface area contributed by atoms with Crippen molar-refractivity contribution in [2.75, 3.05) is 0 Å². The second-order valence-electron chi connectivity index (χ2n) is 5.20. The highest BCUT2D eigenvalue weighted by Crippen LogP contribution is 2.28.